The second-order valence-electron chi connectivity index (χ2n) is 5.41. The Labute approximate surface area is 124 Å². The van der Waals surface area contributed by atoms with Gasteiger partial charge in [0.15, 0.2) is 5.78 Å². The van der Waals surface area contributed by atoms with Gasteiger partial charge < -0.3 is 4.74 Å². The van der Waals surface area contributed by atoms with Gasteiger partial charge in [0.2, 0.25) is 0 Å². The highest BCUT2D eigenvalue weighted by molar-refractivity contribution is 6.39. The molecule has 0 saturated carbocycles. The molecule has 1 unspecified atom stereocenters. The molecule has 4 nitrogen and oxygen atoms in total. The molecule has 0 spiro atoms. The maximum absolute atomic E-state index is 12.5. The molecule has 0 fully saturated rings. The molecule has 4 heteroatoms. The summed E-state index contributed by atoms with van der Waals surface area (Å²) in [5.74, 6) is -2.80. The van der Waals surface area contributed by atoms with Gasteiger partial charge in [-0.2, -0.15) is 0 Å². The lowest BCUT2D eigenvalue weighted by atomic mass is 9.90. The highest BCUT2D eigenvalue weighted by Gasteiger charge is 2.35. The van der Waals surface area contributed by atoms with Gasteiger partial charge in [0.1, 0.15) is 0 Å². The molecule has 1 aliphatic rings. The fraction of sp³-hybridized carbons (Fsp3) is 0.471. The summed E-state index contributed by atoms with van der Waals surface area (Å²) < 4.78 is 4.45. The molecule has 0 heterocycles. The molecule has 0 bridgehead atoms. The van der Waals surface area contributed by atoms with E-state index < -0.39 is 17.7 Å². The Balaban J connectivity index is 2.31. The first-order chi connectivity index (χ1) is 10.1. The molecule has 112 valence electrons. The molecule has 0 N–H and O–H groups in total. The SMILES string of the molecule is CCCc1ccc2c(c1)CCCC(C(=O)C(=O)OC)C2=O. The van der Waals surface area contributed by atoms with Crippen LogP contribution in [0.1, 0.15) is 47.7 Å². The molecule has 21 heavy (non-hydrogen) atoms. The van der Waals surface area contributed by atoms with Crippen molar-refractivity contribution in [3.8, 4) is 0 Å². The third-order valence-electron chi connectivity index (χ3n) is 3.93. The first-order valence-electron chi connectivity index (χ1n) is 7.36. The number of methoxy groups -OCH3 is 1. The van der Waals surface area contributed by atoms with Gasteiger partial charge in [-0.05, 0) is 36.8 Å². The van der Waals surface area contributed by atoms with Crippen molar-refractivity contribution >= 4 is 17.5 Å². The zero-order valence-corrected chi connectivity index (χ0v) is 12.5. The van der Waals surface area contributed by atoms with Crippen molar-refractivity contribution in [2.24, 2.45) is 5.92 Å². The zero-order chi connectivity index (χ0) is 15.4. The first-order valence-corrected chi connectivity index (χ1v) is 7.36. The van der Waals surface area contributed by atoms with E-state index in [1.54, 1.807) is 6.07 Å². The molecule has 1 aromatic rings. The minimum atomic E-state index is -0.931. The fourth-order valence-electron chi connectivity index (χ4n) is 2.85. The third-order valence-corrected chi connectivity index (χ3v) is 3.93. The van der Waals surface area contributed by atoms with Crippen molar-refractivity contribution < 1.29 is 19.1 Å². The van der Waals surface area contributed by atoms with Crippen molar-refractivity contribution in [1.29, 1.82) is 0 Å². The predicted octanol–water partition coefficient (Wildman–Crippen LogP) is 2.52. The van der Waals surface area contributed by atoms with Gasteiger partial charge in [0.25, 0.3) is 5.78 Å². The summed E-state index contributed by atoms with van der Waals surface area (Å²) in [5.41, 5.74) is 2.78. The van der Waals surface area contributed by atoms with E-state index in [9.17, 15) is 14.4 Å². The summed E-state index contributed by atoms with van der Waals surface area (Å²) in [5, 5.41) is 0. The largest absolute Gasteiger partial charge is 0.463 e. The number of esters is 1. The molecule has 0 aliphatic heterocycles. The second kappa shape index (κ2) is 6.66. The topological polar surface area (TPSA) is 60.4 Å². The van der Waals surface area contributed by atoms with Gasteiger partial charge >= 0.3 is 5.97 Å². The summed E-state index contributed by atoms with van der Waals surface area (Å²) in [7, 11) is 1.16. The van der Waals surface area contributed by atoms with E-state index in [1.165, 1.54) is 5.56 Å². The Morgan fingerprint density at radius 1 is 1.33 bits per heavy atom. The molecular formula is C17H20O4. The van der Waals surface area contributed by atoms with Crippen molar-refractivity contribution in [1.82, 2.24) is 0 Å². The molecule has 0 aromatic heterocycles. The highest BCUT2D eigenvalue weighted by atomic mass is 16.5. The number of hydrogen-bond donors (Lipinski definition) is 0. The predicted molar refractivity (Wildman–Crippen MR) is 78.2 cm³/mol. The standard InChI is InChI=1S/C17H20O4/c1-3-5-11-8-9-13-12(10-11)6-4-7-14(15(13)18)16(19)17(20)21-2/h8-10,14H,3-7H2,1-2H3. The Kier molecular flexibility index (Phi) is 4.89. The van der Waals surface area contributed by atoms with Crippen LogP contribution in [0.5, 0.6) is 0 Å². The van der Waals surface area contributed by atoms with E-state index in [-0.39, 0.29) is 5.78 Å². The number of aryl methyl sites for hydroxylation is 2. The van der Waals surface area contributed by atoms with Crippen molar-refractivity contribution in [3.05, 3.63) is 34.9 Å². The van der Waals surface area contributed by atoms with Crippen LogP contribution in [0.4, 0.5) is 0 Å². The molecule has 1 aliphatic carbocycles. The number of Topliss-reactive ketones (excluding diaryl/α,β-unsaturated/α-hetero) is 2. The van der Waals surface area contributed by atoms with E-state index in [4.69, 9.17) is 0 Å². The lowest BCUT2D eigenvalue weighted by molar-refractivity contribution is -0.152. The maximum Gasteiger partial charge on any atom is 0.375 e. The van der Waals surface area contributed by atoms with E-state index in [1.807, 2.05) is 6.07 Å². The first kappa shape index (κ1) is 15.4. The maximum atomic E-state index is 12.5. The number of rotatable bonds is 4. The van der Waals surface area contributed by atoms with Gasteiger partial charge in [0, 0.05) is 5.56 Å². The summed E-state index contributed by atoms with van der Waals surface area (Å²) >= 11 is 0. The smallest absolute Gasteiger partial charge is 0.375 e. The molecule has 1 aromatic carbocycles. The number of benzene rings is 1. The summed E-state index contributed by atoms with van der Waals surface area (Å²) in [6.07, 6.45) is 3.93. The van der Waals surface area contributed by atoms with E-state index in [0.29, 0.717) is 12.0 Å². The van der Waals surface area contributed by atoms with E-state index in [2.05, 4.69) is 17.7 Å². The van der Waals surface area contributed by atoms with Gasteiger partial charge in [-0.25, -0.2) is 4.79 Å². The lowest BCUT2D eigenvalue weighted by Gasteiger charge is -2.11. The molecule has 2 rings (SSSR count). The van der Waals surface area contributed by atoms with Crippen LogP contribution < -0.4 is 0 Å². The van der Waals surface area contributed by atoms with Crippen LogP contribution in [0, 0.1) is 5.92 Å². The minimum absolute atomic E-state index is 0.249. The molecule has 1 atom stereocenters. The Morgan fingerprint density at radius 3 is 2.76 bits per heavy atom. The molecular weight excluding hydrogens is 268 g/mol. The molecule has 0 radical (unpaired) electrons. The van der Waals surface area contributed by atoms with Crippen LogP contribution in [0.2, 0.25) is 0 Å². The molecule has 0 amide bonds. The Morgan fingerprint density at radius 2 is 2.10 bits per heavy atom. The van der Waals surface area contributed by atoms with Gasteiger partial charge in [-0.15, -0.1) is 0 Å². The van der Waals surface area contributed by atoms with Crippen LogP contribution in [-0.2, 0) is 27.2 Å². The van der Waals surface area contributed by atoms with Crippen molar-refractivity contribution in [2.75, 3.05) is 7.11 Å². The zero-order valence-electron chi connectivity index (χ0n) is 12.5. The monoisotopic (exact) mass is 288 g/mol. The second-order valence-corrected chi connectivity index (χ2v) is 5.41. The average molecular weight is 288 g/mol. The lowest BCUT2D eigenvalue weighted by Crippen LogP contribution is -2.30. The van der Waals surface area contributed by atoms with Crippen molar-refractivity contribution in [2.45, 2.75) is 39.0 Å². The number of ether oxygens (including phenoxy) is 1. The summed E-state index contributed by atoms with van der Waals surface area (Å²) in [6, 6.07) is 5.79. The number of hydrogen-bond acceptors (Lipinski definition) is 4. The van der Waals surface area contributed by atoms with Crippen LogP contribution in [-0.4, -0.2) is 24.6 Å². The van der Waals surface area contributed by atoms with Gasteiger partial charge in [-0.1, -0.05) is 31.5 Å². The Hall–Kier alpha value is -1.97. The highest BCUT2D eigenvalue weighted by Crippen LogP contribution is 2.27. The van der Waals surface area contributed by atoms with Crippen molar-refractivity contribution in [3.63, 3.8) is 0 Å². The Bertz CT molecular complexity index is 574. The summed E-state index contributed by atoms with van der Waals surface area (Å²) in [4.78, 5) is 35.9. The normalized spacial score (nSPS) is 17.8. The van der Waals surface area contributed by atoms with Crippen LogP contribution in [0.3, 0.4) is 0 Å². The quantitative estimate of drug-likeness (QED) is 0.370. The summed E-state index contributed by atoms with van der Waals surface area (Å²) in [6.45, 7) is 2.11. The van der Waals surface area contributed by atoms with Gasteiger partial charge in [-0.3, -0.25) is 9.59 Å². The number of ketones is 2. The van der Waals surface area contributed by atoms with Gasteiger partial charge in [0.05, 0.1) is 13.0 Å². The third kappa shape index (κ3) is 3.20. The minimum Gasteiger partial charge on any atom is -0.463 e. The number of carbonyl (C=O) groups is 3. The van der Waals surface area contributed by atoms with Crippen LogP contribution in [0.25, 0.3) is 0 Å². The fourth-order valence-corrected chi connectivity index (χ4v) is 2.85. The number of fused-ring (bicyclic) bond motifs is 1. The van der Waals surface area contributed by atoms with E-state index >= 15 is 0 Å². The van der Waals surface area contributed by atoms with Crippen LogP contribution in [0.15, 0.2) is 18.2 Å². The molecule has 0 saturated heterocycles. The van der Waals surface area contributed by atoms with E-state index in [0.717, 1.165) is 38.4 Å². The number of carbonyl (C=O) groups excluding carboxylic acids is 3. The average Bonchev–Trinajstić information content (AvgIpc) is 2.65. The van der Waals surface area contributed by atoms with Crippen LogP contribution >= 0.6 is 0 Å².